The summed E-state index contributed by atoms with van der Waals surface area (Å²) in [5, 5.41) is 3.03. The van der Waals surface area contributed by atoms with Gasteiger partial charge in [-0.3, -0.25) is 14.5 Å². The minimum atomic E-state index is -0.687. The molecule has 7 heteroatoms. The van der Waals surface area contributed by atoms with Crippen LogP contribution in [0.4, 0.5) is 0 Å². The smallest absolute Gasteiger partial charge is 0.333 e. The van der Waals surface area contributed by atoms with Crippen LogP contribution in [-0.2, 0) is 19.1 Å². The molecular formula is C27H45N3O4. The Morgan fingerprint density at radius 2 is 1.82 bits per heavy atom. The zero-order valence-electron chi connectivity index (χ0n) is 22.6. The van der Waals surface area contributed by atoms with Gasteiger partial charge in [-0.2, -0.15) is 0 Å². The normalized spacial score (nSPS) is 19.4. The van der Waals surface area contributed by atoms with Gasteiger partial charge >= 0.3 is 5.97 Å². The minimum Gasteiger partial charge on any atom is -0.463 e. The molecule has 0 spiro atoms. The Morgan fingerprint density at radius 1 is 1.21 bits per heavy atom. The first kappa shape index (κ1) is 29.7. The summed E-state index contributed by atoms with van der Waals surface area (Å²) >= 11 is 0. The summed E-state index contributed by atoms with van der Waals surface area (Å²) in [4.78, 5) is 42.8. The van der Waals surface area contributed by atoms with Gasteiger partial charge < -0.3 is 15.0 Å². The van der Waals surface area contributed by atoms with Crippen LogP contribution < -0.4 is 5.32 Å². The monoisotopic (exact) mass is 475 g/mol. The predicted octanol–water partition coefficient (Wildman–Crippen LogP) is 3.39. The van der Waals surface area contributed by atoms with E-state index in [-0.39, 0.29) is 35.7 Å². The molecule has 34 heavy (non-hydrogen) atoms. The average molecular weight is 476 g/mol. The summed E-state index contributed by atoms with van der Waals surface area (Å²) in [6.07, 6.45) is 10.2. The van der Waals surface area contributed by atoms with Crippen molar-refractivity contribution in [3.8, 4) is 12.3 Å². The number of ether oxygens (including phenoxy) is 1. The molecule has 1 saturated heterocycles. The number of rotatable bonds is 10. The average Bonchev–Trinajstić information content (AvgIpc) is 2.79. The van der Waals surface area contributed by atoms with E-state index in [1.165, 1.54) is 0 Å². The fourth-order valence-corrected chi connectivity index (χ4v) is 4.41. The summed E-state index contributed by atoms with van der Waals surface area (Å²) in [5.41, 5.74) is -0.0889. The molecule has 0 aromatic heterocycles. The maximum Gasteiger partial charge on any atom is 0.333 e. The van der Waals surface area contributed by atoms with Crippen molar-refractivity contribution in [1.29, 1.82) is 0 Å². The van der Waals surface area contributed by atoms with Gasteiger partial charge in [0.2, 0.25) is 11.8 Å². The number of likely N-dealkylation sites (N-methyl/N-ethyl adjacent to an activating group) is 1. The van der Waals surface area contributed by atoms with Gasteiger partial charge in [-0.1, -0.05) is 46.1 Å². The molecule has 1 fully saturated rings. The molecule has 0 unspecified atom stereocenters. The Morgan fingerprint density at radius 3 is 2.32 bits per heavy atom. The Kier molecular flexibility index (Phi) is 11.3. The van der Waals surface area contributed by atoms with Gasteiger partial charge in [0.1, 0.15) is 6.04 Å². The number of terminal acetylenes is 1. The molecular weight excluding hydrogens is 430 g/mol. The van der Waals surface area contributed by atoms with Crippen molar-refractivity contribution in [2.24, 2.45) is 11.8 Å². The third kappa shape index (κ3) is 7.59. The number of likely N-dealkylation sites (tertiary alicyclic amines) is 1. The van der Waals surface area contributed by atoms with E-state index in [1.54, 1.807) is 31.9 Å². The number of nitrogens with zero attached hydrogens (tertiary/aromatic N) is 2. The summed E-state index contributed by atoms with van der Waals surface area (Å²) in [5.74, 6) is 2.01. The van der Waals surface area contributed by atoms with Crippen LogP contribution in [0.1, 0.15) is 74.7 Å². The first-order valence-corrected chi connectivity index (χ1v) is 12.5. The zero-order valence-corrected chi connectivity index (χ0v) is 22.6. The number of carbonyl (C=O) groups is 3. The van der Waals surface area contributed by atoms with Gasteiger partial charge in [0.05, 0.1) is 24.2 Å². The second-order valence-electron chi connectivity index (χ2n) is 10.4. The Bertz CT molecular complexity index is 794. The van der Waals surface area contributed by atoms with E-state index in [4.69, 9.17) is 11.2 Å². The van der Waals surface area contributed by atoms with E-state index < -0.39 is 17.6 Å². The summed E-state index contributed by atoms with van der Waals surface area (Å²) in [6.45, 7) is 16.2. The van der Waals surface area contributed by atoms with Crippen LogP contribution >= 0.6 is 0 Å². The molecule has 1 rings (SSSR count). The highest BCUT2D eigenvalue weighted by atomic mass is 16.5. The lowest BCUT2D eigenvalue weighted by molar-refractivity contribution is -0.141. The van der Waals surface area contributed by atoms with Crippen molar-refractivity contribution in [3.05, 3.63) is 11.6 Å². The van der Waals surface area contributed by atoms with E-state index in [2.05, 4.69) is 16.1 Å². The molecule has 0 bridgehead atoms. The standard InChI is InChI=1S/C27H45N3O4/c1-11-27(8,9)30-16-14-13-15-21(30)24(31)28-23(19(5)6)25(32)29(10)22(18(3)4)17-20(7)26(33)34-12-2/h1,17-19,21-23H,12-16H2,2-10H3,(H,28,31)/b20-17+/t21-,22-,23+/m1/s1. The maximum absolute atomic E-state index is 13.6. The molecule has 192 valence electrons. The summed E-state index contributed by atoms with van der Waals surface area (Å²) in [7, 11) is 1.72. The number of hydrogen-bond donors (Lipinski definition) is 1. The highest BCUT2D eigenvalue weighted by Crippen LogP contribution is 2.26. The summed E-state index contributed by atoms with van der Waals surface area (Å²) in [6, 6.07) is -1.37. The molecule has 2 amide bonds. The van der Waals surface area contributed by atoms with Crippen LogP contribution in [0.25, 0.3) is 0 Å². The van der Waals surface area contributed by atoms with Crippen LogP contribution in [0.3, 0.4) is 0 Å². The van der Waals surface area contributed by atoms with Crippen molar-refractivity contribution >= 4 is 17.8 Å². The van der Waals surface area contributed by atoms with E-state index >= 15 is 0 Å². The van der Waals surface area contributed by atoms with Gasteiger partial charge in [0.25, 0.3) is 0 Å². The lowest BCUT2D eigenvalue weighted by Crippen LogP contribution is -2.61. The topological polar surface area (TPSA) is 79.0 Å². The number of carbonyl (C=O) groups excluding carboxylic acids is 3. The molecule has 0 saturated carbocycles. The highest BCUT2D eigenvalue weighted by Gasteiger charge is 2.39. The molecule has 0 aromatic carbocycles. The van der Waals surface area contributed by atoms with Crippen molar-refractivity contribution in [3.63, 3.8) is 0 Å². The third-order valence-corrected chi connectivity index (χ3v) is 6.60. The second-order valence-corrected chi connectivity index (χ2v) is 10.4. The van der Waals surface area contributed by atoms with E-state index in [0.717, 1.165) is 19.4 Å². The molecule has 7 nitrogen and oxygen atoms in total. The van der Waals surface area contributed by atoms with Crippen molar-refractivity contribution in [2.45, 2.75) is 98.3 Å². The molecule has 0 radical (unpaired) electrons. The Labute approximate surface area is 206 Å². The summed E-state index contributed by atoms with van der Waals surface area (Å²) < 4.78 is 5.09. The number of nitrogens with one attached hydrogen (secondary N) is 1. The molecule has 1 aliphatic rings. The predicted molar refractivity (Wildman–Crippen MR) is 136 cm³/mol. The van der Waals surface area contributed by atoms with Crippen LogP contribution in [-0.4, -0.2) is 71.4 Å². The van der Waals surface area contributed by atoms with Crippen LogP contribution in [0.5, 0.6) is 0 Å². The fraction of sp³-hybridized carbons (Fsp3) is 0.741. The van der Waals surface area contributed by atoms with Crippen LogP contribution in [0.15, 0.2) is 11.6 Å². The Balaban J connectivity index is 3.13. The molecule has 1 heterocycles. The number of piperidine rings is 1. The SMILES string of the molecule is C#CC(C)(C)N1CCCC[C@@H]1C(=O)N[C@H](C(=O)N(C)[C@H](/C=C(\C)C(=O)OCC)C(C)C)C(C)C. The first-order valence-electron chi connectivity index (χ1n) is 12.5. The van der Waals surface area contributed by atoms with Gasteiger partial charge in [0, 0.05) is 19.2 Å². The molecule has 0 aliphatic carbocycles. The van der Waals surface area contributed by atoms with E-state index in [1.807, 2.05) is 41.5 Å². The second kappa shape index (κ2) is 12.9. The van der Waals surface area contributed by atoms with Gasteiger partial charge in [-0.05, 0) is 52.4 Å². The fourth-order valence-electron chi connectivity index (χ4n) is 4.41. The Hall–Kier alpha value is -2.33. The lowest BCUT2D eigenvalue weighted by Gasteiger charge is -2.43. The third-order valence-electron chi connectivity index (χ3n) is 6.60. The minimum absolute atomic E-state index is 0.0621. The number of esters is 1. The van der Waals surface area contributed by atoms with Crippen LogP contribution in [0, 0.1) is 24.2 Å². The van der Waals surface area contributed by atoms with Crippen molar-refractivity contribution in [1.82, 2.24) is 15.1 Å². The van der Waals surface area contributed by atoms with Crippen molar-refractivity contribution < 1.29 is 19.1 Å². The number of amides is 2. The van der Waals surface area contributed by atoms with Crippen LogP contribution in [0.2, 0.25) is 0 Å². The van der Waals surface area contributed by atoms with Gasteiger partial charge in [-0.25, -0.2) is 4.79 Å². The van der Waals surface area contributed by atoms with Gasteiger partial charge in [-0.15, -0.1) is 6.42 Å². The molecule has 1 N–H and O–H groups in total. The lowest BCUT2D eigenvalue weighted by atomic mass is 9.92. The quantitative estimate of drug-likeness (QED) is 0.298. The first-order chi connectivity index (χ1) is 15.8. The molecule has 3 atom stereocenters. The molecule has 0 aromatic rings. The van der Waals surface area contributed by atoms with Gasteiger partial charge in [0.15, 0.2) is 0 Å². The largest absolute Gasteiger partial charge is 0.463 e. The van der Waals surface area contributed by atoms with E-state index in [9.17, 15) is 14.4 Å². The maximum atomic E-state index is 13.6. The highest BCUT2D eigenvalue weighted by molar-refractivity contribution is 5.91. The molecule has 1 aliphatic heterocycles. The zero-order chi connectivity index (χ0) is 26.2. The van der Waals surface area contributed by atoms with Crippen molar-refractivity contribution in [2.75, 3.05) is 20.2 Å². The number of hydrogen-bond acceptors (Lipinski definition) is 5. The van der Waals surface area contributed by atoms with E-state index in [0.29, 0.717) is 18.6 Å².